The van der Waals surface area contributed by atoms with Crippen LogP contribution in [0.2, 0.25) is 0 Å². The molecule has 14 heavy (non-hydrogen) atoms. The first-order chi connectivity index (χ1) is 6.43. The fourth-order valence-electron chi connectivity index (χ4n) is 1.42. The van der Waals surface area contributed by atoms with Crippen LogP contribution in [-0.2, 0) is 0 Å². The molecule has 0 bridgehead atoms. The second-order valence-electron chi connectivity index (χ2n) is 3.10. The van der Waals surface area contributed by atoms with Gasteiger partial charge in [-0.25, -0.2) is 10.0 Å². The molecule has 1 aromatic rings. The molecule has 0 heterocycles. The van der Waals surface area contributed by atoms with Gasteiger partial charge in [0.25, 0.3) is 0 Å². The first-order valence-electron chi connectivity index (χ1n) is 4.01. The first-order valence-corrected chi connectivity index (χ1v) is 4.01. The molecule has 0 saturated carbocycles. The van der Waals surface area contributed by atoms with Crippen molar-refractivity contribution in [1.82, 2.24) is 0 Å². The normalized spacial score (nSPS) is 12.6. The van der Waals surface area contributed by atoms with Crippen molar-refractivity contribution in [2.24, 2.45) is 0 Å². The largest absolute Gasteiger partial charge is 0.595 e. The van der Waals surface area contributed by atoms with Crippen molar-refractivity contribution in [2.45, 2.75) is 13.8 Å². The Morgan fingerprint density at radius 3 is 2.07 bits per heavy atom. The zero-order valence-electron chi connectivity index (χ0n) is 7.87. The molecule has 0 radical (unpaired) electrons. The molecule has 0 aliphatic heterocycles. The quantitative estimate of drug-likeness (QED) is 0.599. The van der Waals surface area contributed by atoms with Crippen molar-refractivity contribution in [1.29, 1.82) is 0 Å². The van der Waals surface area contributed by atoms with Crippen LogP contribution in [0.5, 0.6) is 0 Å². The topological polar surface area (TPSA) is 85.0 Å². The number of aromatic carboxylic acids is 1. The Kier molecular flexibility index (Phi) is 2.85. The predicted octanol–water partition coefficient (Wildman–Crippen LogP) is 0.405. The van der Waals surface area contributed by atoms with Crippen molar-refractivity contribution in [2.75, 3.05) is 0 Å². The number of carbonyl (C=O) groups is 1. The number of quaternary nitrogens is 1. The fraction of sp³-hybridized carbons (Fsp3) is 0.222. The Labute approximate surface area is 80.7 Å². The number of benzene rings is 1. The van der Waals surface area contributed by atoms with E-state index in [-0.39, 0.29) is 11.3 Å². The summed E-state index contributed by atoms with van der Waals surface area (Å²) >= 11 is 0. The zero-order valence-corrected chi connectivity index (χ0v) is 7.87. The lowest BCUT2D eigenvalue weighted by Gasteiger charge is -2.16. The molecule has 0 aromatic heterocycles. The Bertz CT molecular complexity index is 350. The van der Waals surface area contributed by atoms with E-state index in [1.165, 1.54) is 12.1 Å². The van der Waals surface area contributed by atoms with Gasteiger partial charge in [0.15, 0.2) is 5.69 Å². The van der Waals surface area contributed by atoms with Crippen LogP contribution in [0.4, 0.5) is 5.69 Å². The highest BCUT2D eigenvalue weighted by molar-refractivity contribution is 5.88. The van der Waals surface area contributed by atoms with Gasteiger partial charge in [0.1, 0.15) is 0 Å². The minimum atomic E-state index is -1.05. The van der Waals surface area contributed by atoms with E-state index in [4.69, 9.17) is 10.3 Å². The molecule has 1 unspecified atom stereocenters. The number of rotatable bonds is 2. The molecule has 0 spiro atoms. The molecule has 0 aliphatic rings. The van der Waals surface area contributed by atoms with Gasteiger partial charge in [-0.05, 0) is 26.0 Å². The van der Waals surface area contributed by atoms with Crippen LogP contribution in [-0.4, -0.2) is 16.3 Å². The van der Waals surface area contributed by atoms with Crippen molar-refractivity contribution >= 4 is 11.7 Å². The summed E-state index contributed by atoms with van der Waals surface area (Å²) in [5.41, 5.74) is 1.23. The summed E-state index contributed by atoms with van der Waals surface area (Å²) in [6.07, 6.45) is 0. The second-order valence-corrected chi connectivity index (χ2v) is 3.10. The SMILES string of the molecule is Cc1cc(C(=O)O)cc(C)c1[NH+]([O-])O. The Balaban J connectivity index is 3.32. The van der Waals surface area contributed by atoms with E-state index < -0.39 is 11.2 Å². The highest BCUT2D eigenvalue weighted by atomic mass is 16.8. The van der Waals surface area contributed by atoms with Crippen LogP contribution in [0.15, 0.2) is 12.1 Å². The van der Waals surface area contributed by atoms with E-state index >= 15 is 0 Å². The van der Waals surface area contributed by atoms with E-state index in [2.05, 4.69) is 0 Å². The summed E-state index contributed by atoms with van der Waals surface area (Å²) in [5.74, 6) is -1.05. The highest BCUT2D eigenvalue weighted by Gasteiger charge is 2.13. The maximum atomic E-state index is 10.8. The molecule has 0 fully saturated rings. The van der Waals surface area contributed by atoms with E-state index in [1.807, 2.05) is 0 Å². The van der Waals surface area contributed by atoms with Crippen LogP contribution >= 0.6 is 0 Å². The van der Waals surface area contributed by atoms with Crippen LogP contribution < -0.4 is 5.23 Å². The Morgan fingerprint density at radius 2 is 1.79 bits per heavy atom. The average molecular weight is 197 g/mol. The van der Waals surface area contributed by atoms with Gasteiger partial charge in [0.05, 0.1) is 5.56 Å². The van der Waals surface area contributed by atoms with Gasteiger partial charge in [-0.2, -0.15) is 5.23 Å². The number of hydrogen-bond acceptors (Lipinski definition) is 3. The minimum absolute atomic E-state index is 0.116. The monoisotopic (exact) mass is 197 g/mol. The third kappa shape index (κ3) is 1.90. The van der Waals surface area contributed by atoms with Crippen molar-refractivity contribution in [3.63, 3.8) is 0 Å². The second kappa shape index (κ2) is 3.75. The molecule has 0 saturated heterocycles. The average Bonchev–Trinajstić information content (AvgIpc) is 2.01. The molecular formula is C9H11NO4. The molecule has 0 aliphatic carbocycles. The van der Waals surface area contributed by atoms with Gasteiger partial charge in [-0.3, -0.25) is 0 Å². The van der Waals surface area contributed by atoms with Gasteiger partial charge in [0, 0.05) is 11.1 Å². The van der Waals surface area contributed by atoms with Crippen molar-refractivity contribution in [3.05, 3.63) is 34.0 Å². The van der Waals surface area contributed by atoms with Crippen LogP contribution in [0.25, 0.3) is 0 Å². The lowest BCUT2D eigenvalue weighted by Crippen LogP contribution is -2.99. The van der Waals surface area contributed by atoms with Crippen molar-refractivity contribution < 1.29 is 20.3 Å². The van der Waals surface area contributed by atoms with E-state index in [0.717, 1.165) is 0 Å². The number of hydrogen-bond donors (Lipinski definition) is 3. The van der Waals surface area contributed by atoms with Gasteiger partial charge >= 0.3 is 5.97 Å². The number of carboxylic acid groups (broad SMARTS) is 1. The van der Waals surface area contributed by atoms with Gasteiger partial charge < -0.3 is 10.3 Å². The molecule has 5 heteroatoms. The maximum absolute atomic E-state index is 10.8. The molecule has 1 rings (SSSR count). The number of aryl methyl sites for hydroxylation is 2. The Hall–Kier alpha value is -1.43. The van der Waals surface area contributed by atoms with Crippen LogP contribution in [0, 0.1) is 19.1 Å². The molecule has 3 N–H and O–H groups in total. The summed E-state index contributed by atoms with van der Waals surface area (Å²) in [7, 11) is 0. The van der Waals surface area contributed by atoms with E-state index in [0.29, 0.717) is 11.1 Å². The smallest absolute Gasteiger partial charge is 0.335 e. The van der Waals surface area contributed by atoms with Crippen molar-refractivity contribution in [3.8, 4) is 0 Å². The highest BCUT2D eigenvalue weighted by Crippen LogP contribution is 2.18. The summed E-state index contributed by atoms with van der Waals surface area (Å²) in [5, 5.41) is 27.3. The predicted molar refractivity (Wildman–Crippen MR) is 48.7 cm³/mol. The third-order valence-corrected chi connectivity index (χ3v) is 1.99. The molecule has 76 valence electrons. The number of carboxylic acids is 1. The Morgan fingerprint density at radius 1 is 1.36 bits per heavy atom. The van der Waals surface area contributed by atoms with Crippen LogP contribution in [0.1, 0.15) is 21.5 Å². The summed E-state index contributed by atoms with van der Waals surface area (Å²) in [6.45, 7) is 3.17. The molecule has 1 aromatic carbocycles. The summed E-state index contributed by atoms with van der Waals surface area (Å²) < 4.78 is 0. The fourth-order valence-corrected chi connectivity index (χ4v) is 1.42. The maximum Gasteiger partial charge on any atom is 0.335 e. The molecular weight excluding hydrogens is 186 g/mol. The molecule has 5 nitrogen and oxygen atoms in total. The van der Waals surface area contributed by atoms with Crippen LogP contribution in [0.3, 0.4) is 0 Å². The van der Waals surface area contributed by atoms with Gasteiger partial charge in [-0.15, -0.1) is 0 Å². The summed E-state index contributed by atoms with van der Waals surface area (Å²) in [4.78, 5) is 10.6. The third-order valence-electron chi connectivity index (χ3n) is 1.99. The lowest BCUT2D eigenvalue weighted by molar-refractivity contribution is -0.991. The summed E-state index contributed by atoms with van der Waals surface area (Å²) in [6, 6.07) is 2.72. The molecule has 1 atom stereocenters. The van der Waals surface area contributed by atoms with Gasteiger partial charge in [-0.1, -0.05) is 0 Å². The molecule has 0 amide bonds. The van der Waals surface area contributed by atoms with E-state index in [1.54, 1.807) is 13.8 Å². The standard InChI is InChI=1S/C9H11NO4/c1-5-3-7(9(11)12)4-6(2)8(5)10(13)14/h3-4,10,13H,1-2H3,(H,11,12). The van der Waals surface area contributed by atoms with E-state index in [9.17, 15) is 10.0 Å². The number of nitrogens with one attached hydrogen (secondary N) is 1. The zero-order chi connectivity index (χ0) is 10.9. The van der Waals surface area contributed by atoms with Gasteiger partial charge in [0.2, 0.25) is 0 Å². The minimum Gasteiger partial charge on any atom is -0.595 e. The lowest BCUT2D eigenvalue weighted by atomic mass is 10.0. The first kappa shape index (κ1) is 10.6.